The second-order valence-electron chi connectivity index (χ2n) is 8.17. The predicted molar refractivity (Wildman–Crippen MR) is 141 cm³/mol. The number of hydrogen-bond acceptors (Lipinski definition) is 5. The molecule has 1 amide bonds. The number of carbonyl (C=O) groups excluding carboxylic acids is 2. The molecule has 7 nitrogen and oxygen atoms in total. The van der Waals surface area contributed by atoms with Crippen LogP contribution in [0.3, 0.4) is 0 Å². The van der Waals surface area contributed by atoms with Crippen molar-refractivity contribution < 1.29 is 19.1 Å². The van der Waals surface area contributed by atoms with Gasteiger partial charge in [0.05, 0.1) is 25.0 Å². The summed E-state index contributed by atoms with van der Waals surface area (Å²) in [5.41, 5.74) is 4.11. The van der Waals surface area contributed by atoms with Crippen molar-refractivity contribution in [3.63, 3.8) is 0 Å². The maximum atomic E-state index is 12.8. The number of hydrogen-bond donors (Lipinski definition) is 1. The zero-order chi connectivity index (χ0) is 26.2. The largest absolute Gasteiger partial charge is 0.495 e. The van der Waals surface area contributed by atoms with Crippen LogP contribution in [0.25, 0.3) is 11.8 Å². The number of anilines is 1. The first kappa shape index (κ1) is 26.6. The Bertz CT molecular complexity index is 1330. The summed E-state index contributed by atoms with van der Waals surface area (Å²) in [6, 6.07) is 15.8. The molecule has 0 spiro atoms. The molecule has 1 aromatic heterocycles. The highest BCUT2D eigenvalue weighted by atomic mass is 35.5. The summed E-state index contributed by atoms with van der Waals surface area (Å²) < 4.78 is 12.5. The number of rotatable bonds is 9. The van der Waals surface area contributed by atoms with Gasteiger partial charge in [-0.2, -0.15) is 5.26 Å². The molecular formula is C28H28ClN3O4. The number of aryl methyl sites for hydroxylation is 1. The average Bonchev–Trinajstić information content (AvgIpc) is 3.15. The second kappa shape index (κ2) is 12.1. The Kier molecular flexibility index (Phi) is 8.93. The summed E-state index contributed by atoms with van der Waals surface area (Å²) in [5, 5.41) is 12.8. The number of unbranched alkanes of at least 4 members (excludes halogenated alkanes) is 1. The first-order valence-electron chi connectivity index (χ1n) is 11.5. The molecule has 1 N–H and O–H groups in total. The highest BCUT2D eigenvalue weighted by Gasteiger charge is 2.16. The number of esters is 1. The molecule has 8 heteroatoms. The Hall–Kier alpha value is -4.02. The van der Waals surface area contributed by atoms with Gasteiger partial charge in [-0.3, -0.25) is 4.79 Å². The Morgan fingerprint density at radius 2 is 1.86 bits per heavy atom. The monoisotopic (exact) mass is 505 g/mol. The van der Waals surface area contributed by atoms with E-state index >= 15 is 0 Å². The third-order valence-corrected chi connectivity index (χ3v) is 5.87. The van der Waals surface area contributed by atoms with Crippen molar-refractivity contribution in [3.8, 4) is 17.5 Å². The number of methoxy groups -OCH3 is 1. The van der Waals surface area contributed by atoms with E-state index in [1.165, 1.54) is 7.11 Å². The van der Waals surface area contributed by atoms with E-state index in [-0.39, 0.29) is 11.5 Å². The first-order valence-corrected chi connectivity index (χ1v) is 11.9. The molecule has 0 unspecified atom stereocenters. The molecule has 0 atom stereocenters. The van der Waals surface area contributed by atoms with Crippen LogP contribution in [-0.2, 0) is 9.53 Å². The number of carbonyl (C=O) groups is 2. The van der Waals surface area contributed by atoms with Crippen LogP contribution in [-0.4, -0.2) is 30.2 Å². The number of nitrogens with zero attached hydrogens (tertiary/aromatic N) is 2. The van der Waals surface area contributed by atoms with Gasteiger partial charge in [0, 0.05) is 22.1 Å². The molecule has 0 saturated carbocycles. The van der Waals surface area contributed by atoms with E-state index in [0.29, 0.717) is 28.6 Å². The molecule has 1 heterocycles. The van der Waals surface area contributed by atoms with Crippen molar-refractivity contribution in [2.45, 2.75) is 33.6 Å². The Morgan fingerprint density at radius 1 is 1.14 bits per heavy atom. The van der Waals surface area contributed by atoms with Gasteiger partial charge in [-0.15, -0.1) is 0 Å². The van der Waals surface area contributed by atoms with Crippen LogP contribution in [0.4, 0.5) is 5.69 Å². The lowest BCUT2D eigenvalue weighted by Crippen LogP contribution is -2.14. The second-order valence-corrected chi connectivity index (χ2v) is 8.60. The lowest BCUT2D eigenvalue weighted by Gasteiger charge is -2.11. The van der Waals surface area contributed by atoms with Gasteiger partial charge in [0.15, 0.2) is 0 Å². The number of amides is 1. The fourth-order valence-corrected chi connectivity index (χ4v) is 3.91. The predicted octanol–water partition coefficient (Wildman–Crippen LogP) is 6.26. The van der Waals surface area contributed by atoms with Crippen LogP contribution in [0.5, 0.6) is 5.75 Å². The minimum atomic E-state index is -0.575. The fourth-order valence-electron chi connectivity index (χ4n) is 3.74. The van der Waals surface area contributed by atoms with E-state index < -0.39 is 5.91 Å². The molecule has 2 aromatic carbocycles. The molecule has 0 radical (unpaired) electrons. The highest BCUT2D eigenvalue weighted by Crippen LogP contribution is 2.29. The van der Waals surface area contributed by atoms with Crippen LogP contribution in [0.15, 0.2) is 54.1 Å². The van der Waals surface area contributed by atoms with Gasteiger partial charge in [-0.1, -0.05) is 24.9 Å². The summed E-state index contributed by atoms with van der Waals surface area (Å²) in [7, 11) is 1.48. The number of aromatic nitrogens is 1. The van der Waals surface area contributed by atoms with E-state index in [1.807, 2.05) is 49.6 Å². The van der Waals surface area contributed by atoms with E-state index in [2.05, 4.69) is 5.32 Å². The molecule has 0 aliphatic carbocycles. The van der Waals surface area contributed by atoms with E-state index in [9.17, 15) is 14.9 Å². The number of nitrogens with one attached hydrogen (secondary N) is 1. The molecular weight excluding hydrogens is 478 g/mol. The van der Waals surface area contributed by atoms with Crippen molar-refractivity contribution in [2.75, 3.05) is 19.0 Å². The number of halogens is 1. The van der Waals surface area contributed by atoms with Crippen LogP contribution in [0.1, 0.15) is 47.1 Å². The quantitative estimate of drug-likeness (QED) is 0.160. The van der Waals surface area contributed by atoms with E-state index in [4.69, 9.17) is 21.1 Å². The molecule has 186 valence electrons. The van der Waals surface area contributed by atoms with Gasteiger partial charge in [0.25, 0.3) is 5.91 Å². The van der Waals surface area contributed by atoms with Crippen molar-refractivity contribution in [2.24, 2.45) is 0 Å². The maximum Gasteiger partial charge on any atom is 0.338 e. The SMILES string of the molecule is CCCCOC(=O)c1ccc(-n2c(C)cc(/C=C(\C#N)C(=O)Nc3cc(Cl)ccc3OC)c2C)cc1. The first-order chi connectivity index (χ1) is 17.3. The topological polar surface area (TPSA) is 93.4 Å². The summed E-state index contributed by atoms with van der Waals surface area (Å²) >= 11 is 6.04. The van der Waals surface area contributed by atoms with Gasteiger partial charge in [-0.05, 0) is 80.4 Å². The van der Waals surface area contributed by atoms with Crippen molar-refractivity contribution in [3.05, 3.63) is 81.6 Å². The zero-order valence-electron chi connectivity index (χ0n) is 20.7. The average molecular weight is 506 g/mol. The molecule has 0 saturated heterocycles. The van der Waals surface area contributed by atoms with Crippen molar-refractivity contribution >= 4 is 35.2 Å². The molecule has 0 fully saturated rings. The normalized spacial score (nSPS) is 11.1. The molecule has 36 heavy (non-hydrogen) atoms. The molecule has 0 aliphatic heterocycles. The molecule has 3 rings (SSSR count). The number of ether oxygens (including phenoxy) is 2. The lowest BCUT2D eigenvalue weighted by molar-refractivity contribution is -0.112. The Morgan fingerprint density at radius 3 is 2.50 bits per heavy atom. The van der Waals surface area contributed by atoms with E-state index in [1.54, 1.807) is 36.4 Å². The molecule has 0 aliphatic rings. The van der Waals surface area contributed by atoms with Crippen molar-refractivity contribution in [1.82, 2.24) is 4.57 Å². The third-order valence-electron chi connectivity index (χ3n) is 5.64. The summed E-state index contributed by atoms with van der Waals surface area (Å²) in [4.78, 5) is 25.0. The van der Waals surface area contributed by atoms with Crippen LogP contribution >= 0.6 is 11.6 Å². The lowest BCUT2D eigenvalue weighted by atomic mass is 10.1. The van der Waals surface area contributed by atoms with Gasteiger partial charge in [0.2, 0.25) is 0 Å². The van der Waals surface area contributed by atoms with Crippen LogP contribution in [0.2, 0.25) is 5.02 Å². The summed E-state index contributed by atoms with van der Waals surface area (Å²) in [6.07, 6.45) is 3.33. The van der Waals surface area contributed by atoms with Crippen LogP contribution in [0, 0.1) is 25.2 Å². The maximum absolute atomic E-state index is 12.8. The molecule has 0 bridgehead atoms. The van der Waals surface area contributed by atoms with Crippen molar-refractivity contribution in [1.29, 1.82) is 5.26 Å². The smallest absolute Gasteiger partial charge is 0.338 e. The number of nitriles is 1. The minimum Gasteiger partial charge on any atom is -0.495 e. The Labute approximate surface area is 215 Å². The van der Waals surface area contributed by atoms with Crippen LogP contribution < -0.4 is 10.1 Å². The van der Waals surface area contributed by atoms with E-state index in [0.717, 1.165) is 35.5 Å². The minimum absolute atomic E-state index is 0.0672. The summed E-state index contributed by atoms with van der Waals surface area (Å²) in [6.45, 7) is 6.27. The highest BCUT2D eigenvalue weighted by molar-refractivity contribution is 6.31. The molecule has 3 aromatic rings. The third kappa shape index (κ3) is 6.15. The van der Waals surface area contributed by atoms with Gasteiger partial charge in [-0.25, -0.2) is 4.79 Å². The standard InChI is InChI=1S/C28H28ClN3O4/c1-5-6-13-36-28(34)20-7-10-24(11-8-20)32-18(2)14-21(19(32)3)15-22(17-30)27(33)31-25-16-23(29)9-12-26(25)35-4/h7-12,14-16H,5-6,13H2,1-4H3,(H,31,33)/b22-15+. The fraction of sp³-hybridized carbons (Fsp3) is 0.250. The zero-order valence-corrected chi connectivity index (χ0v) is 21.5. The Balaban J connectivity index is 1.85. The summed E-state index contributed by atoms with van der Waals surface area (Å²) in [5.74, 6) is -0.490. The van der Waals surface area contributed by atoms with Gasteiger partial charge in [0.1, 0.15) is 17.4 Å². The van der Waals surface area contributed by atoms with Gasteiger partial charge < -0.3 is 19.4 Å². The van der Waals surface area contributed by atoms with Gasteiger partial charge >= 0.3 is 5.97 Å². The number of benzene rings is 2.